The lowest BCUT2D eigenvalue weighted by Gasteiger charge is -2.43. The van der Waals surface area contributed by atoms with Crippen molar-refractivity contribution in [2.75, 3.05) is 0 Å². The lowest BCUT2D eigenvalue weighted by atomic mass is 9.70. The highest BCUT2D eigenvalue weighted by atomic mass is 16.2. The maximum Gasteiger partial charge on any atom is 0.236 e. The zero-order valence-electron chi connectivity index (χ0n) is 9.97. The Morgan fingerprint density at radius 3 is 1.29 bits per heavy atom. The molecule has 0 aromatic rings. The van der Waals surface area contributed by atoms with Crippen LogP contribution in [0.5, 0.6) is 0 Å². The highest BCUT2D eigenvalue weighted by molar-refractivity contribution is 6.06. The van der Waals surface area contributed by atoms with E-state index in [4.69, 9.17) is 0 Å². The molecule has 0 radical (unpaired) electrons. The van der Waals surface area contributed by atoms with Gasteiger partial charge in [0.25, 0.3) is 0 Å². The Hall–Kier alpha value is -1.06. The summed E-state index contributed by atoms with van der Waals surface area (Å²) >= 11 is 0. The number of carbonyl (C=O) groups excluding carboxylic acids is 2. The molecule has 92 valence electrons. The van der Waals surface area contributed by atoms with E-state index in [1.54, 1.807) is 0 Å². The van der Waals surface area contributed by atoms with Gasteiger partial charge in [0.1, 0.15) is 5.41 Å². The van der Waals surface area contributed by atoms with Gasteiger partial charge in [0.05, 0.1) is 0 Å². The molecular weight excluding hydrogens is 216 g/mol. The average molecular weight is 234 g/mol. The van der Waals surface area contributed by atoms with Gasteiger partial charge in [-0.25, -0.2) is 0 Å². The summed E-state index contributed by atoms with van der Waals surface area (Å²) in [7, 11) is 0. The van der Waals surface area contributed by atoms with E-state index in [-0.39, 0.29) is 22.9 Å². The van der Waals surface area contributed by atoms with Gasteiger partial charge in [0, 0.05) is 11.1 Å². The second kappa shape index (κ2) is 2.68. The van der Waals surface area contributed by atoms with Gasteiger partial charge >= 0.3 is 0 Å². The third-order valence-electron chi connectivity index (χ3n) is 5.39. The van der Waals surface area contributed by atoms with Crippen LogP contribution in [0.4, 0.5) is 0 Å². The Labute approximate surface area is 101 Å². The van der Waals surface area contributed by atoms with E-state index in [2.05, 4.69) is 10.6 Å². The zero-order chi connectivity index (χ0) is 11.7. The van der Waals surface area contributed by atoms with Crippen molar-refractivity contribution >= 4 is 11.8 Å². The smallest absolute Gasteiger partial charge is 0.236 e. The van der Waals surface area contributed by atoms with Crippen LogP contribution in [-0.4, -0.2) is 22.9 Å². The van der Waals surface area contributed by atoms with Crippen molar-refractivity contribution in [2.45, 2.75) is 62.4 Å². The molecule has 0 bridgehead atoms. The van der Waals surface area contributed by atoms with Crippen molar-refractivity contribution < 1.29 is 9.59 Å². The van der Waals surface area contributed by atoms with Crippen LogP contribution in [0.3, 0.4) is 0 Å². The number of hydrogen-bond donors (Lipinski definition) is 2. The Morgan fingerprint density at radius 1 is 0.647 bits per heavy atom. The predicted molar refractivity (Wildman–Crippen MR) is 61.1 cm³/mol. The number of rotatable bonds is 0. The Morgan fingerprint density at radius 2 is 1.00 bits per heavy atom. The number of piperidine rings is 2. The minimum atomic E-state index is -0.734. The molecule has 2 saturated heterocycles. The topological polar surface area (TPSA) is 58.2 Å². The molecule has 2 aliphatic heterocycles. The van der Waals surface area contributed by atoms with Crippen LogP contribution in [0, 0.1) is 5.41 Å². The summed E-state index contributed by atoms with van der Waals surface area (Å²) in [6.07, 6.45) is 7.86. The summed E-state index contributed by atoms with van der Waals surface area (Å²) in [5, 5.41) is 6.21. The molecule has 0 aromatic carbocycles. The van der Waals surface area contributed by atoms with Gasteiger partial charge in [-0.1, -0.05) is 0 Å². The summed E-state index contributed by atoms with van der Waals surface area (Å²) < 4.78 is 0. The average Bonchev–Trinajstić information content (AvgIpc) is 3.19. The maximum absolute atomic E-state index is 12.3. The number of carbonyl (C=O) groups is 2. The van der Waals surface area contributed by atoms with Crippen LogP contribution in [0.2, 0.25) is 0 Å². The second-order valence-corrected chi connectivity index (χ2v) is 6.55. The molecule has 17 heavy (non-hydrogen) atoms. The zero-order valence-corrected chi connectivity index (χ0v) is 9.97. The van der Waals surface area contributed by atoms with Crippen LogP contribution in [0.15, 0.2) is 0 Å². The van der Waals surface area contributed by atoms with Crippen LogP contribution in [0.25, 0.3) is 0 Å². The molecule has 2 heterocycles. The summed E-state index contributed by atoms with van der Waals surface area (Å²) in [4.78, 5) is 24.6. The Bertz CT molecular complexity index is 381. The lowest BCUT2D eigenvalue weighted by Crippen LogP contribution is -2.62. The van der Waals surface area contributed by atoms with E-state index < -0.39 is 5.41 Å². The van der Waals surface area contributed by atoms with E-state index >= 15 is 0 Å². The monoisotopic (exact) mass is 234 g/mol. The first-order chi connectivity index (χ1) is 8.08. The van der Waals surface area contributed by atoms with Gasteiger partial charge in [0.15, 0.2) is 0 Å². The third kappa shape index (κ3) is 1.24. The van der Waals surface area contributed by atoms with E-state index in [0.29, 0.717) is 0 Å². The third-order valence-corrected chi connectivity index (χ3v) is 5.39. The molecule has 0 unspecified atom stereocenters. The van der Waals surface area contributed by atoms with Crippen molar-refractivity contribution in [1.82, 2.24) is 10.6 Å². The molecule has 4 fully saturated rings. The summed E-state index contributed by atoms with van der Waals surface area (Å²) in [6, 6.07) is 0. The van der Waals surface area contributed by atoms with Crippen LogP contribution in [-0.2, 0) is 9.59 Å². The SMILES string of the molecule is O=C1NC2(CC2)CCC12CCC1(CC1)NC2=O. The van der Waals surface area contributed by atoms with Gasteiger partial charge in [-0.3, -0.25) is 9.59 Å². The van der Waals surface area contributed by atoms with Gasteiger partial charge in [-0.2, -0.15) is 0 Å². The fourth-order valence-electron chi connectivity index (χ4n) is 3.49. The van der Waals surface area contributed by atoms with Crippen molar-refractivity contribution in [2.24, 2.45) is 5.41 Å². The molecule has 2 saturated carbocycles. The molecule has 4 heteroatoms. The first-order valence-electron chi connectivity index (χ1n) is 6.74. The molecule has 4 aliphatic rings. The molecule has 2 aliphatic carbocycles. The van der Waals surface area contributed by atoms with Gasteiger partial charge < -0.3 is 10.6 Å². The van der Waals surface area contributed by atoms with Gasteiger partial charge in [-0.15, -0.1) is 0 Å². The van der Waals surface area contributed by atoms with E-state index in [0.717, 1.165) is 51.4 Å². The second-order valence-electron chi connectivity index (χ2n) is 6.55. The van der Waals surface area contributed by atoms with Crippen molar-refractivity contribution in [1.29, 1.82) is 0 Å². The standard InChI is InChI=1S/C13H18N2O2/c16-9-13(7-5-11(14-9)1-2-11)8-6-12(3-4-12)15-10(13)17/h1-8H2,(H,14,16)(H,15,17). The first-order valence-corrected chi connectivity index (χ1v) is 6.74. The normalized spacial score (nSPS) is 40.2. The van der Waals surface area contributed by atoms with Crippen LogP contribution >= 0.6 is 0 Å². The minimum absolute atomic E-state index is 0.00532. The molecule has 0 aromatic heterocycles. The highest BCUT2D eigenvalue weighted by Gasteiger charge is 2.61. The van der Waals surface area contributed by atoms with Crippen molar-refractivity contribution in [3.05, 3.63) is 0 Å². The quantitative estimate of drug-likeness (QED) is 0.611. The number of nitrogens with one attached hydrogen (secondary N) is 2. The Balaban J connectivity index is 1.59. The van der Waals surface area contributed by atoms with Crippen molar-refractivity contribution in [3.8, 4) is 0 Å². The maximum atomic E-state index is 12.3. The summed E-state index contributed by atoms with van der Waals surface area (Å²) in [5.41, 5.74) is -0.573. The molecule has 4 nitrogen and oxygen atoms in total. The summed E-state index contributed by atoms with van der Waals surface area (Å²) in [6.45, 7) is 0. The number of amides is 2. The largest absolute Gasteiger partial charge is 0.350 e. The summed E-state index contributed by atoms with van der Waals surface area (Å²) in [5.74, 6) is -0.0106. The van der Waals surface area contributed by atoms with Crippen LogP contribution < -0.4 is 10.6 Å². The lowest BCUT2D eigenvalue weighted by molar-refractivity contribution is -0.151. The van der Waals surface area contributed by atoms with E-state index in [1.807, 2.05) is 0 Å². The Kier molecular flexibility index (Phi) is 1.56. The van der Waals surface area contributed by atoms with Crippen LogP contribution in [0.1, 0.15) is 51.4 Å². The van der Waals surface area contributed by atoms with E-state index in [9.17, 15) is 9.59 Å². The van der Waals surface area contributed by atoms with Crippen molar-refractivity contribution in [3.63, 3.8) is 0 Å². The fraction of sp³-hybridized carbons (Fsp3) is 0.846. The first kappa shape index (κ1) is 9.92. The molecule has 2 amide bonds. The molecule has 3 spiro atoms. The molecule has 2 N–H and O–H groups in total. The predicted octanol–water partition coefficient (Wildman–Crippen LogP) is 0.858. The fourth-order valence-corrected chi connectivity index (χ4v) is 3.49. The van der Waals surface area contributed by atoms with Gasteiger partial charge in [-0.05, 0) is 51.4 Å². The number of hydrogen-bond acceptors (Lipinski definition) is 2. The minimum Gasteiger partial charge on any atom is -0.350 e. The highest BCUT2D eigenvalue weighted by Crippen LogP contribution is 2.53. The van der Waals surface area contributed by atoms with Gasteiger partial charge in [0.2, 0.25) is 11.8 Å². The molecule has 4 rings (SSSR count). The molecular formula is C13H18N2O2. The van der Waals surface area contributed by atoms with E-state index in [1.165, 1.54) is 0 Å². The molecule has 0 atom stereocenters.